The molecular formula is C18H29ClN2O4. The molecule has 0 radical (unpaired) electrons. The van der Waals surface area contributed by atoms with E-state index in [9.17, 15) is 4.79 Å². The lowest BCUT2D eigenvalue weighted by Gasteiger charge is -2.26. The smallest absolute Gasteiger partial charge is 0.411 e. The summed E-state index contributed by atoms with van der Waals surface area (Å²) in [6.45, 7) is 7.30. The first-order chi connectivity index (χ1) is 11.8. The monoisotopic (exact) mass is 372 g/mol. The maximum atomic E-state index is 11.8. The summed E-state index contributed by atoms with van der Waals surface area (Å²) in [5.41, 5.74) is 0.701. The first kappa shape index (κ1) is 21.5. The molecule has 0 atom stereocenters. The largest absolute Gasteiger partial charge is 0.494 e. The van der Waals surface area contributed by atoms with E-state index >= 15 is 0 Å². The number of hydrogen-bond acceptors (Lipinski definition) is 5. The fourth-order valence-electron chi connectivity index (χ4n) is 2.42. The number of morpholine rings is 1. The molecule has 0 spiro atoms. The van der Waals surface area contributed by atoms with Crippen LogP contribution in [-0.4, -0.2) is 57.1 Å². The Morgan fingerprint density at radius 2 is 1.88 bits per heavy atom. The van der Waals surface area contributed by atoms with Crippen LogP contribution in [0.2, 0.25) is 0 Å². The molecule has 1 amide bonds. The van der Waals surface area contributed by atoms with Crippen LogP contribution in [-0.2, 0) is 9.47 Å². The van der Waals surface area contributed by atoms with Crippen molar-refractivity contribution in [2.75, 3.05) is 51.4 Å². The van der Waals surface area contributed by atoms with Crippen LogP contribution in [0.25, 0.3) is 0 Å². The van der Waals surface area contributed by atoms with Gasteiger partial charge in [0.05, 0.1) is 19.8 Å². The van der Waals surface area contributed by atoms with Crippen molar-refractivity contribution in [1.29, 1.82) is 0 Å². The molecule has 1 N–H and O–H groups in total. The van der Waals surface area contributed by atoms with Crippen molar-refractivity contribution in [3.8, 4) is 5.75 Å². The molecule has 142 valence electrons. The number of rotatable bonds is 9. The fraction of sp³-hybridized carbons (Fsp3) is 0.611. The first-order valence-electron chi connectivity index (χ1n) is 8.74. The number of unbranched alkanes of at least 4 members (excludes halogenated alkanes) is 2. The van der Waals surface area contributed by atoms with E-state index in [1.807, 2.05) is 24.3 Å². The van der Waals surface area contributed by atoms with Crippen molar-refractivity contribution < 1.29 is 19.0 Å². The number of hydrogen-bond donors (Lipinski definition) is 1. The summed E-state index contributed by atoms with van der Waals surface area (Å²) in [5, 5.41) is 2.72. The van der Waals surface area contributed by atoms with E-state index in [1.165, 1.54) is 12.8 Å². The Hall–Kier alpha value is -1.50. The highest BCUT2D eigenvalue weighted by Crippen LogP contribution is 2.16. The predicted octanol–water partition coefficient (Wildman–Crippen LogP) is 3.56. The standard InChI is InChI=1S/C18H28N2O4.ClH/c1-2-3-4-12-23-17-7-5-16(6-8-17)19-18(21)24-15-11-20-9-13-22-14-10-20;/h5-8H,2-4,9-15H2,1H3,(H,19,21);1H. The van der Waals surface area contributed by atoms with Gasteiger partial charge in [-0.2, -0.15) is 0 Å². The van der Waals surface area contributed by atoms with Gasteiger partial charge in [0, 0.05) is 25.3 Å². The summed E-state index contributed by atoms with van der Waals surface area (Å²) in [7, 11) is 0. The van der Waals surface area contributed by atoms with E-state index in [2.05, 4.69) is 17.1 Å². The van der Waals surface area contributed by atoms with Gasteiger partial charge in [-0.1, -0.05) is 19.8 Å². The van der Waals surface area contributed by atoms with Crippen molar-refractivity contribution in [3.63, 3.8) is 0 Å². The molecule has 1 aliphatic heterocycles. The summed E-state index contributed by atoms with van der Waals surface area (Å²) >= 11 is 0. The minimum atomic E-state index is -0.431. The Morgan fingerprint density at radius 3 is 2.56 bits per heavy atom. The number of carbonyl (C=O) groups excluding carboxylic acids is 1. The highest BCUT2D eigenvalue weighted by Gasteiger charge is 2.11. The average molecular weight is 373 g/mol. The van der Waals surface area contributed by atoms with Gasteiger partial charge in [-0.25, -0.2) is 4.79 Å². The first-order valence-corrected chi connectivity index (χ1v) is 8.74. The molecule has 1 aromatic rings. The maximum absolute atomic E-state index is 11.8. The van der Waals surface area contributed by atoms with Gasteiger partial charge in [0.1, 0.15) is 12.4 Å². The molecule has 1 fully saturated rings. The number of halogens is 1. The van der Waals surface area contributed by atoms with E-state index < -0.39 is 6.09 Å². The fourth-order valence-corrected chi connectivity index (χ4v) is 2.42. The third-order valence-electron chi connectivity index (χ3n) is 3.86. The molecule has 7 heteroatoms. The van der Waals surface area contributed by atoms with Crippen LogP contribution < -0.4 is 10.1 Å². The Balaban J connectivity index is 0.00000312. The number of nitrogens with one attached hydrogen (secondary N) is 1. The summed E-state index contributed by atoms with van der Waals surface area (Å²) in [4.78, 5) is 14.0. The lowest BCUT2D eigenvalue weighted by atomic mass is 10.2. The van der Waals surface area contributed by atoms with Crippen molar-refractivity contribution >= 4 is 24.2 Å². The molecule has 25 heavy (non-hydrogen) atoms. The van der Waals surface area contributed by atoms with Gasteiger partial charge in [-0.15, -0.1) is 12.4 Å². The topological polar surface area (TPSA) is 60.0 Å². The summed E-state index contributed by atoms with van der Waals surface area (Å²) in [6.07, 6.45) is 2.99. The van der Waals surface area contributed by atoms with Gasteiger partial charge in [0.2, 0.25) is 0 Å². The number of ether oxygens (including phenoxy) is 3. The zero-order chi connectivity index (χ0) is 17.0. The SMILES string of the molecule is CCCCCOc1ccc(NC(=O)OCCN2CCOCC2)cc1.Cl. The second kappa shape index (κ2) is 12.8. The lowest BCUT2D eigenvalue weighted by Crippen LogP contribution is -2.38. The molecule has 1 aromatic carbocycles. The number of benzene rings is 1. The molecule has 2 rings (SSSR count). The van der Waals surface area contributed by atoms with Gasteiger partial charge in [0.15, 0.2) is 0 Å². The molecule has 1 saturated heterocycles. The average Bonchev–Trinajstić information content (AvgIpc) is 2.61. The summed E-state index contributed by atoms with van der Waals surface area (Å²) < 4.78 is 16.1. The van der Waals surface area contributed by atoms with E-state index in [1.54, 1.807) is 0 Å². The van der Waals surface area contributed by atoms with Crippen LogP contribution in [0.5, 0.6) is 5.75 Å². The molecular weight excluding hydrogens is 344 g/mol. The van der Waals surface area contributed by atoms with Crippen LogP contribution in [0.3, 0.4) is 0 Å². The Bertz CT molecular complexity index is 478. The quantitative estimate of drug-likeness (QED) is 0.671. The maximum Gasteiger partial charge on any atom is 0.411 e. The predicted molar refractivity (Wildman–Crippen MR) is 101 cm³/mol. The Kier molecular flexibility index (Phi) is 11.0. The van der Waals surface area contributed by atoms with Gasteiger partial charge in [0.25, 0.3) is 0 Å². The van der Waals surface area contributed by atoms with Gasteiger partial charge >= 0.3 is 6.09 Å². The molecule has 0 aliphatic carbocycles. The van der Waals surface area contributed by atoms with Crippen LogP contribution >= 0.6 is 12.4 Å². The minimum Gasteiger partial charge on any atom is -0.494 e. The second-order valence-electron chi connectivity index (χ2n) is 5.79. The highest BCUT2D eigenvalue weighted by atomic mass is 35.5. The summed E-state index contributed by atoms with van der Waals surface area (Å²) in [6, 6.07) is 7.35. The molecule has 0 bridgehead atoms. The second-order valence-corrected chi connectivity index (χ2v) is 5.79. The third kappa shape index (κ3) is 8.95. The highest BCUT2D eigenvalue weighted by molar-refractivity contribution is 5.85. The van der Waals surface area contributed by atoms with E-state index in [0.29, 0.717) is 12.3 Å². The molecule has 0 unspecified atom stereocenters. The van der Waals surface area contributed by atoms with Gasteiger partial charge in [-0.3, -0.25) is 10.2 Å². The molecule has 6 nitrogen and oxygen atoms in total. The molecule has 0 saturated carbocycles. The van der Waals surface area contributed by atoms with Crippen LogP contribution in [0.4, 0.5) is 10.5 Å². The summed E-state index contributed by atoms with van der Waals surface area (Å²) in [5.74, 6) is 0.817. The van der Waals surface area contributed by atoms with Crippen molar-refractivity contribution in [1.82, 2.24) is 4.90 Å². The molecule has 1 heterocycles. The molecule has 0 aromatic heterocycles. The lowest BCUT2D eigenvalue weighted by molar-refractivity contribution is 0.0290. The number of carbonyl (C=O) groups is 1. The van der Waals surface area contributed by atoms with Crippen molar-refractivity contribution in [2.45, 2.75) is 26.2 Å². The van der Waals surface area contributed by atoms with E-state index in [4.69, 9.17) is 14.2 Å². The van der Waals surface area contributed by atoms with E-state index in [-0.39, 0.29) is 12.4 Å². The van der Waals surface area contributed by atoms with Crippen LogP contribution in [0.1, 0.15) is 26.2 Å². The number of amides is 1. The number of nitrogens with zero attached hydrogens (tertiary/aromatic N) is 1. The normalized spacial score (nSPS) is 14.4. The van der Waals surface area contributed by atoms with Crippen molar-refractivity contribution in [2.24, 2.45) is 0 Å². The zero-order valence-electron chi connectivity index (χ0n) is 14.9. The Morgan fingerprint density at radius 1 is 1.16 bits per heavy atom. The molecule has 1 aliphatic rings. The third-order valence-corrected chi connectivity index (χ3v) is 3.86. The van der Waals surface area contributed by atoms with Crippen LogP contribution in [0.15, 0.2) is 24.3 Å². The van der Waals surface area contributed by atoms with Gasteiger partial charge in [-0.05, 0) is 30.7 Å². The number of anilines is 1. The van der Waals surface area contributed by atoms with E-state index in [0.717, 1.165) is 51.6 Å². The van der Waals surface area contributed by atoms with Crippen LogP contribution in [0, 0.1) is 0 Å². The Labute approximate surface area is 156 Å². The van der Waals surface area contributed by atoms with Gasteiger partial charge < -0.3 is 14.2 Å². The van der Waals surface area contributed by atoms with Crippen molar-refractivity contribution in [3.05, 3.63) is 24.3 Å². The minimum absolute atomic E-state index is 0. The zero-order valence-corrected chi connectivity index (χ0v) is 15.7.